The Kier molecular flexibility index (Phi) is 3.50. The van der Waals surface area contributed by atoms with Crippen LogP contribution in [0.5, 0.6) is 0 Å². The molecule has 0 radical (unpaired) electrons. The molecule has 0 fully saturated rings. The molecule has 0 aliphatic rings. The molecule has 0 aliphatic heterocycles. The molecular formula is C11H14O2. The lowest BCUT2D eigenvalue weighted by Gasteiger charge is -2.07. The molecule has 1 aromatic rings. The Balaban J connectivity index is 2.65. The van der Waals surface area contributed by atoms with Crippen molar-refractivity contribution in [2.75, 3.05) is 6.61 Å². The summed E-state index contributed by atoms with van der Waals surface area (Å²) < 4.78 is 4.65. The monoisotopic (exact) mass is 178 g/mol. The van der Waals surface area contributed by atoms with E-state index in [-0.39, 0.29) is 0 Å². The molecule has 0 heterocycles. The molecule has 0 bridgehead atoms. The first kappa shape index (κ1) is 9.78. The van der Waals surface area contributed by atoms with Crippen LogP contribution >= 0.6 is 0 Å². The number of rotatable bonds is 4. The summed E-state index contributed by atoms with van der Waals surface area (Å²) in [5.41, 5.74) is 3.82. The lowest BCUT2D eigenvalue weighted by Crippen LogP contribution is -1.99. The van der Waals surface area contributed by atoms with E-state index in [0.29, 0.717) is 13.1 Å². The lowest BCUT2D eigenvalue weighted by molar-refractivity contribution is -0.128. The van der Waals surface area contributed by atoms with Gasteiger partial charge >= 0.3 is 0 Å². The number of hydrogen-bond donors (Lipinski definition) is 0. The first-order valence-corrected chi connectivity index (χ1v) is 4.36. The third kappa shape index (κ3) is 2.58. The number of ether oxygens (including phenoxy) is 1. The number of carbonyl (C=O) groups is 1. The van der Waals surface area contributed by atoms with E-state index < -0.39 is 0 Å². The Labute approximate surface area is 78.5 Å². The highest BCUT2D eigenvalue weighted by Crippen LogP contribution is 2.12. The van der Waals surface area contributed by atoms with Crippen molar-refractivity contribution in [3.05, 3.63) is 34.9 Å². The third-order valence-corrected chi connectivity index (χ3v) is 2.27. The molecule has 0 unspecified atom stereocenters. The lowest BCUT2D eigenvalue weighted by atomic mass is 10.0. The SMILES string of the molecule is Cc1cccc(CCOC=O)c1C. The Morgan fingerprint density at radius 3 is 2.85 bits per heavy atom. The number of benzene rings is 1. The molecule has 0 N–H and O–H groups in total. The van der Waals surface area contributed by atoms with Crippen LogP contribution in [0, 0.1) is 13.8 Å². The highest BCUT2D eigenvalue weighted by Gasteiger charge is 1.99. The summed E-state index contributed by atoms with van der Waals surface area (Å²) in [6.45, 7) is 5.13. The number of hydrogen-bond acceptors (Lipinski definition) is 2. The molecule has 0 aliphatic carbocycles. The molecule has 13 heavy (non-hydrogen) atoms. The normalized spacial score (nSPS) is 9.69. The van der Waals surface area contributed by atoms with Crippen molar-refractivity contribution in [1.82, 2.24) is 0 Å². The van der Waals surface area contributed by atoms with Gasteiger partial charge in [-0.2, -0.15) is 0 Å². The van der Waals surface area contributed by atoms with Gasteiger partial charge < -0.3 is 4.74 Å². The van der Waals surface area contributed by atoms with E-state index >= 15 is 0 Å². The molecule has 0 amide bonds. The molecule has 0 aromatic heterocycles. The number of aryl methyl sites for hydroxylation is 1. The van der Waals surface area contributed by atoms with Gasteiger partial charge in [0.05, 0.1) is 6.61 Å². The predicted octanol–water partition coefficient (Wildman–Crippen LogP) is 2.02. The summed E-state index contributed by atoms with van der Waals surface area (Å²) in [5, 5.41) is 0. The Morgan fingerprint density at radius 2 is 2.15 bits per heavy atom. The minimum Gasteiger partial charge on any atom is -0.468 e. The van der Waals surface area contributed by atoms with E-state index in [4.69, 9.17) is 0 Å². The van der Waals surface area contributed by atoms with Gasteiger partial charge in [-0.05, 0) is 30.5 Å². The minimum atomic E-state index is 0.466. The van der Waals surface area contributed by atoms with Crippen molar-refractivity contribution in [1.29, 1.82) is 0 Å². The van der Waals surface area contributed by atoms with E-state index in [2.05, 4.69) is 30.7 Å². The maximum atomic E-state index is 9.92. The smallest absolute Gasteiger partial charge is 0.293 e. The van der Waals surface area contributed by atoms with E-state index in [0.717, 1.165) is 6.42 Å². The second-order valence-corrected chi connectivity index (χ2v) is 3.08. The zero-order valence-electron chi connectivity index (χ0n) is 8.04. The van der Waals surface area contributed by atoms with Gasteiger partial charge in [-0.25, -0.2) is 0 Å². The van der Waals surface area contributed by atoms with E-state index in [1.165, 1.54) is 16.7 Å². The quantitative estimate of drug-likeness (QED) is 0.521. The summed E-state index contributed by atoms with van der Waals surface area (Å²) in [7, 11) is 0. The van der Waals surface area contributed by atoms with Gasteiger partial charge in [0.25, 0.3) is 6.47 Å². The summed E-state index contributed by atoms with van der Waals surface area (Å²) >= 11 is 0. The molecule has 0 saturated carbocycles. The molecule has 0 atom stereocenters. The summed E-state index contributed by atoms with van der Waals surface area (Å²) in [4.78, 5) is 9.92. The van der Waals surface area contributed by atoms with E-state index in [1.807, 2.05) is 6.07 Å². The van der Waals surface area contributed by atoms with Crippen LogP contribution in [0.3, 0.4) is 0 Å². The Morgan fingerprint density at radius 1 is 1.38 bits per heavy atom. The van der Waals surface area contributed by atoms with Crippen molar-refractivity contribution in [3.8, 4) is 0 Å². The summed E-state index contributed by atoms with van der Waals surface area (Å²) in [6.07, 6.45) is 0.798. The van der Waals surface area contributed by atoms with Crippen molar-refractivity contribution in [2.45, 2.75) is 20.3 Å². The zero-order valence-corrected chi connectivity index (χ0v) is 8.04. The van der Waals surface area contributed by atoms with Crippen LogP contribution in [0.4, 0.5) is 0 Å². The predicted molar refractivity (Wildman–Crippen MR) is 51.6 cm³/mol. The maximum absolute atomic E-state index is 9.92. The molecular weight excluding hydrogens is 164 g/mol. The highest BCUT2D eigenvalue weighted by atomic mass is 16.5. The second-order valence-electron chi connectivity index (χ2n) is 3.08. The van der Waals surface area contributed by atoms with Crippen molar-refractivity contribution < 1.29 is 9.53 Å². The topological polar surface area (TPSA) is 26.3 Å². The fourth-order valence-corrected chi connectivity index (χ4v) is 1.30. The van der Waals surface area contributed by atoms with E-state index in [1.54, 1.807) is 0 Å². The van der Waals surface area contributed by atoms with Gasteiger partial charge in [-0.15, -0.1) is 0 Å². The van der Waals surface area contributed by atoms with Crippen LogP contribution in [-0.4, -0.2) is 13.1 Å². The average molecular weight is 178 g/mol. The minimum absolute atomic E-state index is 0.466. The number of carbonyl (C=O) groups excluding carboxylic acids is 1. The van der Waals surface area contributed by atoms with Gasteiger partial charge in [0.2, 0.25) is 0 Å². The van der Waals surface area contributed by atoms with Crippen molar-refractivity contribution >= 4 is 6.47 Å². The standard InChI is InChI=1S/C11H14O2/c1-9-4-3-5-11(10(9)2)6-7-13-8-12/h3-5,8H,6-7H2,1-2H3. The van der Waals surface area contributed by atoms with Crippen LogP contribution in [0.2, 0.25) is 0 Å². The summed E-state index contributed by atoms with van der Waals surface area (Å²) in [6, 6.07) is 6.18. The highest BCUT2D eigenvalue weighted by molar-refractivity contribution is 5.37. The summed E-state index contributed by atoms with van der Waals surface area (Å²) in [5.74, 6) is 0. The van der Waals surface area contributed by atoms with Crippen LogP contribution in [0.25, 0.3) is 0 Å². The van der Waals surface area contributed by atoms with E-state index in [9.17, 15) is 4.79 Å². The molecule has 2 nitrogen and oxygen atoms in total. The van der Waals surface area contributed by atoms with Crippen LogP contribution in [-0.2, 0) is 16.0 Å². The van der Waals surface area contributed by atoms with Gasteiger partial charge in [0.1, 0.15) is 0 Å². The Bertz CT molecular complexity index is 292. The van der Waals surface area contributed by atoms with Crippen LogP contribution in [0.15, 0.2) is 18.2 Å². The Hall–Kier alpha value is -1.31. The van der Waals surface area contributed by atoms with Crippen molar-refractivity contribution in [2.24, 2.45) is 0 Å². The first-order valence-electron chi connectivity index (χ1n) is 4.36. The zero-order chi connectivity index (χ0) is 9.68. The third-order valence-electron chi connectivity index (χ3n) is 2.27. The molecule has 1 rings (SSSR count). The van der Waals surface area contributed by atoms with Crippen LogP contribution < -0.4 is 0 Å². The van der Waals surface area contributed by atoms with Gasteiger partial charge in [0.15, 0.2) is 0 Å². The second kappa shape index (κ2) is 4.65. The van der Waals surface area contributed by atoms with Crippen molar-refractivity contribution in [3.63, 3.8) is 0 Å². The molecule has 0 spiro atoms. The average Bonchev–Trinajstić information content (AvgIpc) is 2.13. The largest absolute Gasteiger partial charge is 0.468 e. The molecule has 1 aromatic carbocycles. The maximum Gasteiger partial charge on any atom is 0.293 e. The molecule has 70 valence electrons. The van der Waals surface area contributed by atoms with Crippen LogP contribution in [0.1, 0.15) is 16.7 Å². The van der Waals surface area contributed by atoms with Gasteiger partial charge in [0, 0.05) is 6.42 Å². The fourth-order valence-electron chi connectivity index (χ4n) is 1.30. The molecule has 2 heteroatoms. The molecule has 0 saturated heterocycles. The van der Waals surface area contributed by atoms with Gasteiger partial charge in [-0.3, -0.25) is 4.79 Å². The first-order chi connectivity index (χ1) is 6.25. The fraction of sp³-hybridized carbons (Fsp3) is 0.364. The van der Waals surface area contributed by atoms with Gasteiger partial charge in [-0.1, -0.05) is 18.2 Å².